The number of fused-ring (bicyclic) bond motifs is 2. The Morgan fingerprint density at radius 2 is 1.94 bits per heavy atom. The minimum atomic E-state index is -0.740. The van der Waals surface area contributed by atoms with Crippen LogP contribution in [0, 0.1) is 26.2 Å². The summed E-state index contributed by atoms with van der Waals surface area (Å²) in [6.45, 7) is 5.25. The van der Waals surface area contributed by atoms with Crippen molar-refractivity contribution in [1.82, 2.24) is 14.7 Å². The van der Waals surface area contributed by atoms with E-state index in [-0.39, 0.29) is 18.4 Å². The number of aromatic nitrogens is 2. The van der Waals surface area contributed by atoms with Gasteiger partial charge in [-0.15, -0.1) is 6.42 Å². The minimum absolute atomic E-state index is 0.0639. The van der Waals surface area contributed by atoms with E-state index in [1.807, 2.05) is 16.9 Å². The molecule has 3 aromatic rings. The molecular formula is C27H26N4O3. The number of anilines is 1. The molecule has 0 aliphatic carbocycles. The number of benzene rings is 2. The van der Waals surface area contributed by atoms with Crippen LogP contribution in [0.15, 0.2) is 42.6 Å². The molecule has 7 heteroatoms. The molecule has 2 aliphatic heterocycles. The van der Waals surface area contributed by atoms with Gasteiger partial charge in [0.15, 0.2) is 5.69 Å². The number of amides is 2. The summed E-state index contributed by atoms with van der Waals surface area (Å²) in [5.41, 5.74) is 6.20. The lowest BCUT2D eigenvalue weighted by molar-refractivity contribution is -0.123. The van der Waals surface area contributed by atoms with E-state index in [0.717, 1.165) is 5.56 Å². The number of hydrogen-bond acceptors (Lipinski definition) is 4. The van der Waals surface area contributed by atoms with Crippen LogP contribution < -0.4 is 9.64 Å². The summed E-state index contributed by atoms with van der Waals surface area (Å²) in [6.07, 6.45) is 8.09. The SMILES string of the molecule is C#Cc1ccc2c(c1)OC[C@H](N1CCc3cn(Cc4c(C)cccc4C)nc3C1=O)C(=O)N2C. The van der Waals surface area contributed by atoms with E-state index in [2.05, 4.69) is 37.0 Å². The molecule has 0 bridgehead atoms. The highest BCUT2D eigenvalue weighted by Gasteiger charge is 2.40. The topological polar surface area (TPSA) is 67.7 Å². The molecule has 0 fully saturated rings. The molecule has 0 saturated heterocycles. The highest BCUT2D eigenvalue weighted by atomic mass is 16.5. The average Bonchev–Trinajstić information content (AvgIpc) is 3.21. The maximum Gasteiger partial charge on any atom is 0.275 e. The van der Waals surface area contributed by atoms with Crippen LogP contribution in [0.4, 0.5) is 5.69 Å². The number of rotatable bonds is 3. The van der Waals surface area contributed by atoms with E-state index in [1.54, 1.807) is 30.1 Å². The number of likely N-dealkylation sites (N-methyl/N-ethyl adjacent to an activating group) is 1. The van der Waals surface area contributed by atoms with Crippen molar-refractivity contribution in [2.24, 2.45) is 0 Å². The Morgan fingerprint density at radius 3 is 2.68 bits per heavy atom. The molecule has 34 heavy (non-hydrogen) atoms. The molecular weight excluding hydrogens is 428 g/mol. The van der Waals surface area contributed by atoms with E-state index in [4.69, 9.17) is 11.2 Å². The fourth-order valence-electron chi connectivity index (χ4n) is 4.75. The van der Waals surface area contributed by atoms with Gasteiger partial charge >= 0.3 is 0 Å². The predicted octanol–water partition coefficient (Wildman–Crippen LogP) is 2.95. The van der Waals surface area contributed by atoms with Crippen LogP contribution in [0.2, 0.25) is 0 Å². The fraction of sp³-hybridized carbons (Fsp3) is 0.296. The molecule has 0 radical (unpaired) electrons. The van der Waals surface area contributed by atoms with Crippen molar-refractivity contribution in [2.45, 2.75) is 32.9 Å². The number of aryl methyl sites for hydroxylation is 2. The summed E-state index contributed by atoms with van der Waals surface area (Å²) >= 11 is 0. The van der Waals surface area contributed by atoms with Crippen LogP contribution in [0.3, 0.4) is 0 Å². The second kappa shape index (κ2) is 8.38. The van der Waals surface area contributed by atoms with Gasteiger partial charge in [-0.3, -0.25) is 14.3 Å². The van der Waals surface area contributed by atoms with Gasteiger partial charge < -0.3 is 14.5 Å². The van der Waals surface area contributed by atoms with Crippen molar-refractivity contribution in [3.63, 3.8) is 0 Å². The van der Waals surface area contributed by atoms with E-state index in [1.165, 1.54) is 21.6 Å². The lowest BCUT2D eigenvalue weighted by Crippen LogP contribution is -2.54. The van der Waals surface area contributed by atoms with Crippen molar-refractivity contribution >= 4 is 17.5 Å². The lowest BCUT2D eigenvalue weighted by Gasteiger charge is -2.33. The monoisotopic (exact) mass is 454 g/mol. The Kier molecular flexibility index (Phi) is 5.37. The van der Waals surface area contributed by atoms with Crippen LogP contribution in [0.25, 0.3) is 0 Å². The third-order valence-electron chi connectivity index (χ3n) is 6.76. The summed E-state index contributed by atoms with van der Waals surface area (Å²) in [7, 11) is 1.69. The molecule has 0 saturated carbocycles. The molecule has 1 aromatic heterocycles. The third-order valence-corrected chi connectivity index (χ3v) is 6.76. The number of carbonyl (C=O) groups excluding carboxylic acids is 2. The predicted molar refractivity (Wildman–Crippen MR) is 129 cm³/mol. The highest BCUT2D eigenvalue weighted by Crippen LogP contribution is 2.33. The minimum Gasteiger partial charge on any atom is -0.489 e. The van der Waals surface area contributed by atoms with E-state index >= 15 is 0 Å². The summed E-state index contributed by atoms with van der Waals surface area (Å²) in [6, 6.07) is 10.7. The Morgan fingerprint density at radius 1 is 1.18 bits per heavy atom. The first-order valence-electron chi connectivity index (χ1n) is 11.3. The van der Waals surface area contributed by atoms with Crippen molar-refractivity contribution in [3.8, 4) is 18.1 Å². The van der Waals surface area contributed by atoms with Crippen molar-refractivity contribution < 1.29 is 14.3 Å². The van der Waals surface area contributed by atoms with Crippen molar-refractivity contribution in [1.29, 1.82) is 0 Å². The van der Waals surface area contributed by atoms with Gasteiger partial charge in [0.1, 0.15) is 18.4 Å². The lowest BCUT2D eigenvalue weighted by atomic mass is 10.0. The molecule has 5 rings (SSSR count). The summed E-state index contributed by atoms with van der Waals surface area (Å²) in [5, 5.41) is 4.62. The number of ether oxygens (including phenoxy) is 1. The Labute approximate surface area is 198 Å². The summed E-state index contributed by atoms with van der Waals surface area (Å²) in [4.78, 5) is 29.9. The van der Waals surface area contributed by atoms with Crippen LogP contribution in [-0.4, -0.2) is 52.7 Å². The molecule has 2 aromatic carbocycles. The zero-order valence-corrected chi connectivity index (χ0v) is 19.5. The van der Waals surface area contributed by atoms with Gasteiger partial charge in [0.2, 0.25) is 0 Å². The molecule has 2 amide bonds. The quantitative estimate of drug-likeness (QED) is 0.571. The van der Waals surface area contributed by atoms with E-state index in [9.17, 15) is 9.59 Å². The zero-order chi connectivity index (χ0) is 24.0. The van der Waals surface area contributed by atoms with Gasteiger partial charge in [-0.05, 0) is 55.2 Å². The number of terminal acetylenes is 1. The molecule has 3 heterocycles. The molecule has 172 valence electrons. The smallest absolute Gasteiger partial charge is 0.275 e. The third kappa shape index (κ3) is 3.61. The maximum atomic E-state index is 13.5. The standard InChI is InChI=1S/C27H26N4O3/c1-5-19-9-10-22-24(13-19)34-16-23(26(32)29(22)4)31-12-11-20-14-30(28-25(20)27(31)33)15-21-17(2)7-6-8-18(21)3/h1,6-10,13-14,23H,11-12,15-16H2,2-4H3/t23-/m0/s1. The first-order chi connectivity index (χ1) is 16.4. The number of hydrogen-bond donors (Lipinski definition) is 0. The summed E-state index contributed by atoms with van der Waals surface area (Å²) in [5.74, 6) is 2.68. The molecule has 0 spiro atoms. The Hall–Kier alpha value is -4.05. The molecule has 1 atom stereocenters. The normalized spacial score (nSPS) is 17.5. The number of carbonyl (C=O) groups is 2. The maximum absolute atomic E-state index is 13.5. The van der Waals surface area contributed by atoms with Gasteiger partial charge in [0, 0.05) is 30.9 Å². The van der Waals surface area contributed by atoms with Crippen LogP contribution in [-0.2, 0) is 17.8 Å². The van der Waals surface area contributed by atoms with Gasteiger partial charge in [-0.2, -0.15) is 5.10 Å². The van der Waals surface area contributed by atoms with Crippen molar-refractivity contribution in [2.75, 3.05) is 25.1 Å². The molecule has 0 N–H and O–H groups in total. The Balaban J connectivity index is 1.40. The fourth-order valence-corrected chi connectivity index (χ4v) is 4.75. The Bertz CT molecular complexity index is 1330. The van der Waals surface area contributed by atoms with Crippen LogP contribution >= 0.6 is 0 Å². The molecule has 0 unspecified atom stereocenters. The van der Waals surface area contributed by atoms with E-state index < -0.39 is 6.04 Å². The highest BCUT2D eigenvalue weighted by molar-refractivity contribution is 6.03. The first-order valence-corrected chi connectivity index (χ1v) is 11.3. The second-order valence-corrected chi connectivity index (χ2v) is 8.87. The number of nitrogens with zero attached hydrogens (tertiary/aromatic N) is 4. The molecule has 7 nitrogen and oxygen atoms in total. The second-order valence-electron chi connectivity index (χ2n) is 8.87. The van der Waals surface area contributed by atoms with Crippen LogP contribution in [0.1, 0.15) is 38.3 Å². The first kappa shape index (κ1) is 21.8. The average molecular weight is 455 g/mol. The van der Waals surface area contributed by atoms with E-state index in [0.29, 0.717) is 42.2 Å². The van der Waals surface area contributed by atoms with Gasteiger partial charge in [-0.1, -0.05) is 24.1 Å². The van der Waals surface area contributed by atoms with Gasteiger partial charge in [0.05, 0.1) is 12.2 Å². The molecule has 2 aliphatic rings. The van der Waals surface area contributed by atoms with Gasteiger partial charge in [-0.25, -0.2) is 0 Å². The largest absolute Gasteiger partial charge is 0.489 e. The summed E-state index contributed by atoms with van der Waals surface area (Å²) < 4.78 is 7.80. The van der Waals surface area contributed by atoms with Gasteiger partial charge in [0.25, 0.3) is 11.8 Å². The zero-order valence-electron chi connectivity index (χ0n) is 19.5. The van der Waals surface area contributed by atoms with Crippen LogP contribution in [0.5, 0.6) is 5.75 Å². The van der Waals surface area contributed by atoms with Crippen molar-refractivity contribution in [3.05, 3.63) is 76.1 Å².